The van der Waals surface area contributed by atoms with Crippen LogP contribution in [-0.2, 0) is 0 Å². The summed E-state index contributed by atoms with van der Waals surface area (Å²) in [5.41, 5.74) is 0.971. The van der Waals surface area contributed by atoms with E-state index in [0.717, 1.165) is 31.0 Å². The Morgan fingerprint density at radius 3 is 3.12 bits per heavy atom. The Balaban J connectivity index is 1.93. The van der Waals surface area contributed by atoms with Gasteiger partial charge in [0.2, 0.25) is 5.88 Å². The molecule has 1 saturated heterocycles. The molecule has 1 aliphatic rings. The lowest BCUT2D eigenvalue weighted by Gasteiger charge is -2.23. The molecule has 0 aromatic carbocycles. The second kappa shape index (κ2) is 5.82. The number of aromatic nitrogens is 2. The predicted molar refractivity (Wildman–Crippen MR) is 67.4 cm³/mol. The molecule has 0 amide bonds. The molecule has 17 heavy (non-hydrogen) atoms. The van der Waals surface area contributed by atoms with Crippen LogP contribution in [-0.4, -0.2) is 36.7 Å². The minimum atomic E-state index is 0.643. The van der Waals surface area contributed by atoms with E-state index >= 15 is 0 Å². The van der Waals surface area contributed by atoms with Crippen LogP contribution >= 0.6 is 0 Å². The van der Waals surface area contributed by atoms with Crippen molar-refractivity contribution in [3.63, 3.8) is 0 Å². The average molecular weight is 236 g/mol. The molecule has 2 heterocycles. The molecule has 1 unspecified atom stereocenters. The summed E-state index contributed by atoms with van der Waals surface area (Å²) in [6.45, 7) is 5.17. The first-order valence-corrected chi connectivity index (χ1v) is 6.11. The molecule has 0 radical (unpaired) electrons. The van der Waals surface area contributed by atoms with Gasteiger partial charge < -0.3 is 15.4 Å². The van der Waals surface area contributed by atoms with Crippen molar-refractivity contribution in [1.82, 2.24) is 15.3 Å². The van der Waals surface area contributed by atoms with Crippen LogP contribution in [0, 0.1) is 12.8 Å². The topological polar surface area (TPSA) is 59.1 Å². The van der Waals surface area contributed by atoms with Crippen LogP contribution in [0.3, 0.4) is 0 Å². The molecule has 0 saturated carbocycles. The van der Waals surface area contributed by atoms with E-state index in [9.17, 15) is 0 Å². The number of nitrogens with one attached hydrogen (secondary N) is 2. The molecule has 1 aliphatic heterocycles. The SMILES string of the molecule is COc1ncnc(NCC2CCCNC2)c1C. The van der Waals surface area contributed by atoms with Gasteiger partial charge in [-0.05, 0) is 38.8 Å². The zero-order valence-electron chi connectivity index (χ0n) is 10.5. The zero-order chi connectivity index (χ0) is 12.1. The van der Waals surface area contributed by atoms with Crippen LogP contribution < -0.4 is 15.4 Å². The maximum atomic E-state index is 5.17. The zero-order valence-corrected chi connectivity index (χ0v) is 10.5. The summed E-state index contributed by atoms with van der Waals surface area (Å²) in [6, 6.07) is 0. The molecule has 0 bridgehead atoms. The Bertz CT molecular complexity index is 364. The minimum absolute atomic E-state index is 0.643. The van der Waals surface area contributed by atoms with Crippen molar-refractivity contribution in [2.75, 3.05) is 32.1 Å². The largest absolute Gasteiger partial charge is 0.481 e. The van der Waals surface area contributed by atoms with Gasteiger partial charge in [-0.25, -0.2) is 9.97 Å². The van der Waals surface area contributed by atoms with Crippen LogP contribution in [0.2, 0.25) is 0 Å². The Morgan fingerprint density at radius 2 is 2.41 bits per heavy atom. The summed E-state index contributed by atoms with van der Waals surface area (Å²) < 4.78 is 5.17. The molecule has 94 valence electrons. The van der Waals surface area contributed by atoms with Gasteiger partial charge in [-0.2, -0.15) is 0 Å². The first-order valence-electron chi connectivity index (χ1n) is 6.11. The molecule has 1 aromatic rings. The van der Waals surface area contributed by atoms with Gasteiger partial charge in [0.15, 0.2) is 0 Å². The van der Waals surface area contributed by atoms with E-state index in [4.69, 9.17) is 4.74 Å². The molecule has 1 fully saturated rings. The van der Waals surface area contributed by atoms with E-state index in [-0.39, 0.29) is 0 Å². The summed E-state index contributed by atoms with van der Waals surface area (Å²) in [5.74, 6) is 2.20. The van der Waals surface area contributed by atoms with Crippen molar-refractivity contribution in [1.29, 1.82) is 0 Å². The highest BCUT2D eigenvalue weighted by Crippen LogP contribution is 2.20. The predicted octanol–water partition coefficient (Wildman–Crippen LogP) is 1.21. The molecule has 1 aromatic heterocycles. The monoisotopic (exact) mass is 236 g/mol. The van der Waals surface area contributed by atoms with Gasteiger partial charge in [0.25, 0.3) is 0 Å². The summed E-state index contributed by atoms with van der Waals surface area (Å²) >= 11 is 0. The highest BCUT2D eigenvalue weighted by Gasteiger charge is 2.14. The maximum absolute atomic E-state index is 5.17. The summed E-state index contributed by atoms with van der Waals surface area (Å²) in [4.78, 5) is 8.32. The van der Waals surface area contributed by atoms with E-state index in [1.165, 1.54) is 19.2 Å². The number of rotatable bonds is 4. The number of nitrogens with zero attached hydrogens (tertiary/aromatic N) is 2. The molecule has 2 rings (SSSR count). The highest BCUT2D eigenvalue weighted by atomic mass is 16.5. The normalized spacial score (nSPS) is 20.0. The van der Waals surface area contributed by atoms with Crippen molar-refractivity contribution in [3.8, 4) is 5.88 Å². The van der Waals surface area contributed by atoms with Gasteiger partial charge in [-0.1, -0.05) is 0 Å². The summed E-state index contributed by atoms with van der Waals surface area (Å²) in [6.07, 6.45) is 4.08. The smallest absolute Gasteiger partial charge is 0.221 e. The van der Waals surface area contributed by atoms with E-state index < -0.39 is 0 Å². The average Bonchev–Trinajstić information content (AvgIpc) is 2.39. The second-order valence-electron chi connectivity index (χ2n) is 4.45. The Labute approximate surface area is 102 Å². The molecule has 0 spiro atoms. The van der Waals surface area contributed by atoms with E-state index in [2.05, 4.69) is 20.6 Å². The fourth-order valence-corrected chi connectivity index (χ4v) is 2.16. The van der Waals surface area contributed by atoms with Crippen molar-refractivity contribution in [2.45, 2.75) is 19.8 Å². The van der Waals surface area contributed by atoms with Crippen LogP contribution in [0.4, 0.5) is 5.82 Å². The second-order valence-corrected chi connectivity index (χ2v) is 4.45. The van der Waals surface area contributed by atoms with E-state index in [1.807, 2.05) is 6.92 Å². The highest BCUT2D eigenvalue weighted by molar-refractivity contribution is 5.47. The van der Waals surface area contributed by atoms with Gasteiger partial charge >= 0.3 is 0 Å². The number of piperidine rings is 1. The quantitative estimate of drug-likeness (QED) is 0.822. The summed E-state index contributed by atoms with van der Waals surface area (Å²) in [7, 11) is 1.63. The number of methoxy groups -OCH3 is 1. The fraction of sp³-hybridized carbons (Fsp3) is 0.667. The van der Waals surface area contributed by atoms with Gasteiger partial charge in [0.05, 0.1) is 12.7 Å². The lowest BCUT2D eigenvalue weighted by atomic mass is 10.00. The molecular weight excluding hydrogens is 216 g/mol. The Hall–Kier alpha value is -1.36. The molecule has 1 atom stereocenters. The van der Waals surface area contributed by atoms with E-state index in [0.29, 0.717) is 11.8 Å². The lowest BCUT2D eigenvalue weighted by Crippen LogP contribution is -2.33. The van der Waals surface area contributed by atoms with Gasteiger partial charge in [-0.15, -0.1) is 0 Å². The lowest BCUT2D eigenvalue weighted by molar-refractivity contribution is 0.389. The third-order valence-corrected chi connectivity index (χ3v) is 3.19. The van der Waals surface area contributed by atoms with Crippen LogP contribution in [0.5, 0.6) is 5.88 Å². The standard InChI is InChI=1S/C12H20N4O/c1-9-11(15-8-16-12(9)17-2)14-7-10-4-3-5-13-6-10/h8,10,13H,3-7H2,1-2H3,(H,14,15,16). The fourth-order valence-electron chi connectivity index (χ4n) is 2.16. The molecule has 5 heteroatoms. The number of hydrogen-bond acceptors (Lipinski definition) is 5. The first-order chi connectivity index (χ1) is 8.31. The molecule has 0 aliphatic carbocycles. The van der Waals surface area contributed by atoms with Gasteiger partial charge in [-0.3, -0.25) is 0 Å². The maximum Gasteiger partial charge on any atom is 0.221 e. The Morgan fingerprint density at radius 1 is 1.53 bits per heavy atom. The molecule has 2 N–H and O–H groups in total. The Kier molecular flexibility index (Phi) is 4.14. The molecule has 5 nitrogen and oxygen atoms in total. The third-order valence-electron chi connectivity index (χ3n) is 3.19. The van der Waals surface area contributed by atoms with Crippen molar-refractivity contribution in [2.24, 2.45) is 5.92 Å². The first kappa shape index (κ1) is 12.1. The summed E-state index contributed by atoms with van der Waals surface area (Å²) in [5, 5.41) is 6.80. The van der Waals surface area contributed by atoms with Gasteiger partial charge in [0.1, 0.15) is 12.1 Å². The minimum Gasteiger partial charge on any atom is -0.481 e. The van der Waals surface area contributed by atoms with Crippen molar-refractivity contribution >= 4 is 5.82 Å². The van der Waals surface area contributed by atoms with Crippen LogP contribution in [0.15, 0.2) is 6.33 Å². The van der Waals surface area contributed by atoms with E-state index in [1.54, 1.807) is 7.11 Å². The number of ether oxygens (including phenoxy) is 1. The number of anilines is 1. The van der Waals surface area contributed by atoms with Crippen molar-refractivity contribution in [3.05, 3.63) is 11.9 Å². The molecular formula is C12H20N4O. The van der Waals surface area contributed by atoms with Crippen molar-refractivity contribution < 1.29 is 4.74 Å². The van der Waals surface area contributed by atoms with Crippen LogP contribution in [0.25, 0.3) is 0 Å². The number of hydrogen-bond donors (Lipinski definition) is 2. The van der Waals surface area contributed by atoms with Gasteiger partial charge in [0, 0.05) is 6.54 Å². The van der Waals surface area contributed by atoms with Crippen LogP contribution in [0.1, 0.15) is 18.4 Å². The third kappa shape index (κ3) is 3.06.